The molecule has 0 aliphatic heterocycles. The highest BCUT2D eigenvalue weighted by atomic mass is 16.5. The van der Waals surface area contributed by atoms with Crippen LogP contribution in [0, 0.1) is 5.41 Å². The van der Waals surface area contributed by atoms with Gasteiger partial charge < -0.3 is 15.6 Å². The van der Waals surface area contributed by atoms with Crippen LogP contribution in [0.4, 0.5) is 0 Å². The molecular weight excluding hydrogens is 452 g/mol. The predicted octanol–water partition coefficient (Wildman–Crippen LogP) is 5.18. The summed E-state index contributed by atoms with van der Waals surface area (Å²) in [5.41, 5.74) is 11.4. The van der Waals surface area contributed by atoms with E-state index in [9.17, 15) is 9.90 Å². The highest BCUT2D eigenvalue weighted by Crippen LogP contribution is 2.30. The Hall–Kier alpha value is -4.91. The number of carboxylic acids is 1. The van der Waals surface area contributed by atoms with Crippen LogP contribution in [0.5, 0.6) is 5.75 Å². The monoisotopic (exact) mass is 476 g/mol. The quantitative estimate of drug-likeness (QED) is 0.211. The van der Waals surface area contributed by atoms with Crippen molar-refractivity contribution < 1.29 is 14.6 Å². The number of aliphatic carboxylic acids is 1. The molecule has 7 heteroatoms. The van der Waals surface area contributed by atoms with E-state index < -0.39 is 5.97 Å². The summed E-state index contributed by atoms with van der Waals surface area (Å²) in [5, 5.41) is 22.8. The van der Waals surface area contributed by atoms with Gasteiger partial charge in [0.05, 0.1) is 17.6 Å². The Balaban J connectivity index is 1.58. The Morgan fingerprint density at radius 2 is 1.67 bits per heavy atom. The van der Waals surface area contributed by atoms with Crippen molar-refractivity contribution in [1.29, 1.82) is 5.41 Å². The molecule has 7 nitrogen and oxygen atoms in total. The topological polar surface area (TPSA) is 114 Å². The van der Waals surface area contributed by atoms with Crippen LogP contribution in [0.2, 0.25) is 0 Å². The van der Waals surface area contributed by atoms with E-state index in [0.29, 0.717) is 16.9 Å². The summed E-state index contributed by atoms with van der Waals surface area (Å²) < 4.78 is 7.98. The second-order valence-electron chi connectivity index (χ2n) is 8.39. The molecule has 4 aromatic carbocycles. The number of nitrogens with two attached hydrogens (primary N) is 1. The summed E-state index contributed by atoms with van der Waals surface area (Å²) in [7, 11) is 0. The summed E-state index contributed by atoms with van der Waals surface area (Å²) >= 11 is 0. The van der Waals surface area contributed by atoms with Gasteiger partial charge in [0.2, 0.25) is 0 Å². The van der Waals surface area contributed by atoms with E-state index >= 15 is 0 Å². The Morgan fingerprint density at radius 3 is 2.44 bits per heavy atom. The van der Waals surface area contributed by atoms with Crippen LogP contribution in [-0.2, 0) is 17.8 Å². The standard InChI is InChI=1S/C29H24N4O3/c30-29(31)22-9-6-8-19(15-22)20-13-14-26-24(16-20)25(32-33(26)23-10-2-1-3-11-23)18-36-27-12-5-4-7-21(27)17-28(34)35/h1-16H,17-18H2,(H3,30,31)(H,34,35). The Bertz CT molecular complexity index is 1570. The van der Waals surface area contributed by atoms with Crippen molar-refractivity contribution in [1.82, 2.24) is 9.78 Å². The molecule has 5 rings (SSSR count). The maximum Gasteiger partial charge on any atom is 0.307 e. The summed E-state index contributed by atoms with van der Waals surface area (Å²) in [5.74, 6) is -0.376. The number of nitrogen functional groups attached to an aromatic ring is 1. The van der Waals surface area contributed by atoms with Crippen molar-refractivity contribution in [2.24, 2.45) is 5.73 Å². The van der Waals surface area contributed by atoms with Gasteiger partial charge in [0, 0.05) is 16.5 Å². The van der Waals surface area contributed by atoms with Gasteiger partial charge in [-0.15, -0.1) is 0 Å². The molecule has 36 heavy (non-hydrogen) atoms. The number of fused-ring (bicyclic) bond motifs is 1. The Kier molecular flexibility index (Phi) is 6.19. The van der Waals surface area contributed by atoms with Crippen LogP contribution < -0.4 is 10.5 Å². The highest BCUT2D eigenvalue weighted by Gasteiger charge is 2.15. The fraction of sp³-hybridized carbons (Fsp3) is 0.0690. The number of rotatable bonds is 8. The lowest BCUT2D eigenvalue weighted by atomic mass is 10.0. The molecule has 0 fully saturated rings. The fourth-order valence-electron chi connectivity index (χ4n) is 4.20. The number of hydrogen-bond donors (Lipinski definition) is 3. The number of aromatic nitrogens is 2. The average Bonchev–Trinajstić information content (AvgIpc) is 3.26. The molecule has 1 heterocycles. The number of para-hydroxylation sites is 2. The van der Waals surface area contributed by atoms with E-state index in [1.54, 1.807) is 18.2 Å². The zero-order valence-electron chi connectivity index (χ0n) is 19.4. The van der Waals surface area contributed by atoms with Gasteiger partial charge >= 0.3 is 5.97 Å². The fourth-order valence-corrected chi connectivity index (χ4v) is 4.20. The highest BCUT2D eigenvalue weighted by molar-refractivity contribution is 5.96. The molecule has 1 aromatic heterocycles. The molecule has 0 amide bonds. The minimum Gasteiger partial charge on any atom is -0.487 e. The normalized spacial score (nSPS) is 10.9. The number of nitrogens with zero attached hydrogens (tertiary/aromatic N) is 2. The van der Waals surface area contributed by atoms with Crippen molar-refractivity contribution in [3.05, 3.63) is 114 Å². The minimum atomic E-state index is -0.915. The lowest BCUT2D eigenvalue weighted by Crippen LogP contribution is -2.10. The van der Waals surface area contributed by atoms with Gasteiger partial charge in [0.25, 0.3) is 0 Å². The number of hydrogen-bond acceptors (Lipinski definition) is 4. The van der Waals surface area contributed by atoms with E-state index in [1.165, 1.54) is 0 Å². The summed E-state index contributed by atoms with van der Waals surface area (Å²) in [6.45, 7) is 0.171. The van der Waals surface area contributed by atoms with E-state index in [1.807, 2.05) is 77.5 Å². The van der Waals surface area contributed by atoms with Crippen molar-refractivity contribution in [3.63, 3.8) is 0 Å². The zero-order chi connectivity index (χ0) is 25.1. The molecule has 0 spiro atoms. The molecule has 0 radical (unpaired) electrons. The van der Waals surface area contributed by atoms with Gasteiger partial charge in [-0.25, -0.2) is 4.68 Å². The van der Waals surface area contributed by atoms with Crippen molar-refractivity contribution >= 4 is 22.7 Å². The van der Waals surface area contributed by atoms with Gasteiger partial charge in [-0.2, -0.15) is 5.10 Å². The Labute approximate surface area is 207 Å². The number of ether oxygens (including phenoxy) is 1. The van der Waals surface area contributed by atoms with Gasteiger partial charge in [-0.05, 0) is 47.5 Å². The third kappa shape index (κ3) is 4.67. The second-order valence-corrected chi connectivity index (χ2v) is 8.39. The van der Waals surface area contributed by atoms with E-state index in [4.69, 9.17) is 21.0 Å². The molecule has 0 unspecified atom stereocenters. The van der Waals surface area contributed by atoms with Crippen LogP contribution in [0.15, 0.2) is 97.1 Å². The molecule has 0 atom stereocenters. The van der Waals surface area contributed by atoms with Crippen LogP contribution in [0.1, 0.15) is 16.8 Å². The second kappa shape index (κ2) is 9.76. The molecule has 178 valence electrons. The molecule has 0 aliphatic rings. The number of amidine groups is 1. The van der Waals surface area contributed by atoms with Gasteiger partial charge in [0.15, 0.2) is 0 Å². The van der Waals surface area contributed by atoms with E-state index in [-0.39, 0.29) is 18.9 Å². The van der Waals surface area contributed by atoms with Crippen molar-refractivity contribution in [3.8, 4) is 22.6 Å². The smallest absolute Gasteiger partial charge is 0.307 e. The maximum absolute atomic E-state index is 11.3. The molecule has 4 N–H and O–H groups in total. The molecule has 0 aliphatic carbocycles. The van der Waals surface area contributed by atoms with Gasteiger partial charge in [0.1, 0.15) is 23.9 Å². The molecular formula is C29H24N4O3. The minimum absolute atomic E-state index is 0.0175. The third-order valence-electron chi connectivity index (χ3n) is 5.94. The first-order valence-electron chi connectivity index (χ1n) is 11.4. The maximum atomic E-state index is 11.3. The number of carbonyl (C=O) groups is 1. The van der Waals surface area contributed by atoms with Crippen molar-refractivity contribution in [2.45, 2.75) is 13.0 Å². The number of carboxylic acid groups (broad SMARTS) is 1. The summed E-state index contributed by atoms with van der Waals surface area (Å²) in [4.78, 5) is 11.3. The number of nitrogens with one attached hydrogen (secondary N) is 1. The molecule has 0 saturated carbocycles. The largest absolute Gasteiger partial charge is 0.487 e. The summed E-state index contributed by atoms with van der Waals surface area (Å²) in [6.07, 6.45) is -0.119. The van der Waals surface area contributed by atoms with E-state index in [0.717, 1.165) is 33.4 Å². The third-order valence-corrected chi connectivity index (χ3v) is 5.94. The van der Waals surface area contributed by atoms with Gasteiger partial charge in [-0.1, -0.05) is 60.7 Å². The van der Waals surface area contributed by atoms with E-state index in [2.05, 4.69) is 6.07 Å². The first-order valence-corrected chi connectivity index (χ1v) is 11.4. The van der Waals surface area contributed by atoms with Crippen molar-refractivity contribution in [2.75, 3.05) is 0 Å². The molecule has 0 saturated heterocycles. The average molecular weight is 477 g/mol. The number of benzene rings is 4. The summed E-state index contributed by atoms with van der Waals surface area (Å²) in [6, 6.07) is 30.7. The first kappa shape index (κ1) is 22.9. The van der Waals surface area contributed by atoms with Crippen LogP contribution >= 0.6 is 0 Å². The van der Waals surface area contributed by atoms with Gasteiger partial charge in [-0.3, -0.25) is 10.2 Å². The van der Waals surface area contributed by atoms with Crippen LogP contribution in [0.25, 0.3) is 27.7 Å². The zero-order valence-corrected chi connectivity index (χ0v) is 19.4. The lowest BCUT2D eigenvalue weighted by molar-refractivity contribution is -0.136. The SMILES string of the molecule is N=C(N)c1cccc(-c2ccc3c(c2)c(COc2ccccc2CC(=O)O)nn3-c2ccccc2)c1. The van der Waals surface area contributed by atoms with Crippen LogP contribution in [-0.4, -0.2) is 26.7 Å². The Morgan fingerprint density at radius 1 is 0.917 bits per heavy atom. The first-order chi connectivity index (χ1) is 17.5. The molecule has 5 aromatic rings. The molecule has 0 bridgehead atoms. The lowest BCUT2D eigenvalue weighted by Gasteiger charge is -2.09. The van der Waals surface area contributed by atoms with Crippen LogP contribution in [0.3, 0.4) is 0 Å². The predicted molar refractivity (Wildman–Crippen MR) is 140 cm³/mol.